The lowest BCUT2D eigenvalue weighted by atomic mass is 10.1. The second-order valence-electron chi connectivity index (χ2n) is 6.68. The van der Waals surface area contributed by atoms with Gasteiger partial charge in [-0.1, -0.05) is 6.07 Å². The average Bonchev–Trinajstić information content (AvgIpc) is 3.31. The summed E-state index contributed by atoms with van der Waals surface area (Å²) in [6, 6.07) is 11.0. The lowest BCUT2D eigenvalue weighted by molar-refractivity contribution is 0.0475. The van der Waals surface area contributed by atoms with Crippen molar-refractivity contribution >= 4 is 17.8 Å². The van der Waals surface area contributed by atoms with E-state index in [0.29, 0.717) is 23.7 Å². The molecule has 28 heavy (non-hydrogen) atoms. The van der Waals surface area contributed by atoms with Crippen LogP contribution in [0.4, 0.5) is 0 Å². The Kier molecular flexibility index (Phi) is 4.83. The summed E-state index contributed by atoms with van der Waals surface area (Å²) in [5.74, 6) is -0.499. The van der Waals surface area contributed by atoms with Gasteiger partial charge in [0, 0.05) is 12.7 Å². The van der Waals surface area contributed by atoms with Gasteiger partial charge < -0.3 is 14.2 Å². The Morgan fingerprint density at radius 2 is 1.89 bits per heavy atom. The van der Waals surface area contributed by atoms with E-state index in [4.69, 9.17) is 14.2 Å². The van der Waals surface area contributed by atoms with Crippen molar-refractivity contribution < 1.29 is 28.6 Å². The molecule has 1 fully saturated rings. The molecule has 2 aliphatic rings. The zero-order chi connectivity index (χ0) is 19.7. The minimum atomic E-state index is -0.617. The largest absolute Gasteiger partial charge is 0.497 e. The molecule has 2 heterocycles. The van der Waals surface area contributed by atoms with Crippen LogP contribution in [0, 0.1) is 0 Å². The van der Waals surface area contributed by atoms with E-state index in [1.165, 1.54) is 30.2 Å². The van der Waals surface area contributed by atoms with Crippen molar-refractivity contribution in [1.29, 1.82) is 0 Å². The molecule has 0 aromatic heterocycles. The number of benzene rings is 2. The number of carbonyl (C=O) groups is 3. The number of nitrogens with zero attached hydrogens (tertiary/aromatic N) is 1. The third-order valence-corrected chi connectivity index (χ3v) is 4.87. The predicted octanol–water partition coefficient (Wildman–Crippen LogP) is 2.69. The SMILES string of the molecule is COc1cccc(OC(=O)c2ccc3c(c2)C(=O)N(CC2CCCO2)C3=O)c1. The number of fused-ring (bicyclic) bond motifs is 1. The van der Waals surface area contributed by atoms with Gasteiger partial charge in [-0.2, -0.15) is 0 Å². The number of amides is 2. The maximum Gasteiger partial charge on any atom is 0.343 e. The van der Waals surface area contributed by atoms with Crippen molar-refractivity contribution in [1.82, 2.24) is 4.90 Å². The fraction of sp³-hybridized carbons (Fsp3) is 0.286. The molecular formula is C21H19NO6. The van der Waals surface area contributed by atoms with E-state index >= 15 is 0 Å². The molecule has 2 aliphatic heterocycles. The van der Waals surface area contributed by atoms with Gasteiger partial charge in [0.05, 0.1) is 36.4 Å². The first-order chi connectivity index (χ1) is 13.6. The molecule has 7 heteroatoms. The van der Waals surface area contributed by atoms with E-state index in [9.17, 15) is 14.4 Å². The summed E-state index contributed by atoms with van der Waals surface area (Å²) in [6.45, 7) is 0.879. The average molecular weight is 381 g/mol. The smallest absolute Gasteiger partial charge is 0.343 e. The van der Waals surface area contributed by atoms with Crippen LogP contribution in [0.15, 0.2) is 42.5 Å². The number of hydrogen-bond donors (Lipinski definition) is 0. The maximum atomic E-state index is 12.7. The summed E-state index contributed by atoms with van der Waals surface area (Å²) < 4.78 is 16.0. The Morgan fingerprint density at radius 3 is 2.64 bits per heavy atom. The standard InChI is InChI=1S/C21H19NO6/c1-26-14-4-2-5-15(11-14)28-21(25)13-7-8-17-18(10-13)20(24)22(19(17)23)12-16-6-3-9-27-16/h2,4-5,7-8,10-11,16H,3,6,9,12H2,1H3. The minimum Gasteiger partial charge on any atom is -0.497 e. The van der Waals surface area contributed by atoms with E-state index in [-0.39, 0.29) is 29.7 Å². The summed E-state index contributed by atoms with van der Waals surface area (Å²) in [6.07, 6.45) is 1.62. The van der Waals surface area contributed by atoms with Crippen molar-refractivity contribution in [2.24, 2.45) is 0 Å². The lowest BCUT2D eigenvalue weighted by Crippen LogP contribution is -2.36. The summed E-state index contributed by atoms with van der Waals surface area (Å²) in [5.41, 5.74) is 0.700. The van der Waals surface area contributed by atoms with Gasteiger partial charge in [0.15, 0.2) is 0 Å². The molecule has 1 saturated heterocycles. The van der Waals surface area contributed by atoms with Crippen LogP contribution in [-0.2, 0) is 4.74 Å². The molecule has 0 N–H and O–H groups in total. The summed E-state index contributed by atoms with van der Waals surface area (Å²) >= 11 is 0. The Morgan fingerprint density at radius 1 is 1.11 bits per heavy atom. The molecule has 2 aromatic rings. The zero-order valence-electron chi connectivity index (χ0n) is 15.3. The van der Waals surface area contributed by atoms with E-state index < -0.39 is 11.9 Å². The van der Waals surface area contributed by atoms with Crippen LogP contribution < -0.4 is 9.47 Å². The highest BCUT2D eigenvalue weighted by molar-refractivity contribution is 6.22. The molecule has 2 aromatic carbocycles. The fourth-order valence-corrected chi connectivity index (χ4v) is 3.41. The third kappa shape index (κ3) is 3.36. The molecule has 1 unspecified atom stereocenters. The van der Waals surface area contributed by atoms with Crippen LogP contribution in [0.3, 0.4) is 0 Å². The van der Waals surface area contributed by atoms with E-state index in [0.717, 1.165) is 12.8 Å². The van der Waals surface area contributed by atoms with Crippen LogP contribution in [-0.4, -0.2) is 49.0 Å². The predicted molar refractivity (Wildman–Crippen MR) is 98.7 cm³/mol. The summed E-state index contributed by atoms with van der Waals surface area (Å²) in [4.78, 5) is 38.9. The van der Waals surface area contributed by atoms with Gasteiger partial charge in [0.1, 0.15) is 11.5 Å². The van der Waals surface area contributed by atoms with Crippen molar-refractivity contribution in [3.05, 3.63) is 59.2 Å². The Balaban J connectivity index is 1.53. The summed E-state index contributed by atoms with van der Waals surface area (Å²) in [7, 11) is 1.52. The summed E-state index contributed by atoms with van der Waals surface area (Å²) in [5, 5.41) is 0. The quantitative estimate of drug-likeness (QED) is 0.450. The molecule has 0 aliphatic carbocycles. The van der Waals surface area contributed by atoms with Gasteiger partial charge in [-0.05, 0) is 43.2 Å². The number of ether oxygens (including phenoxy) is 3. The fourth-order valence-electron chi connectivity index (χ4n) is 3.41. The van der Waals surface area contributed by atoms with Crippen molar-refractivity contribution in [2.75, 3.05) is 20.3 Å². The van der Waals surface area contributed by atoms with Crippen LogP contribution in [0.1, 0.15) is 43.9 Å². The molecular weight excluding hydrogens is 362 g/mol. The van der Waals surface area contributed by atoms with Gasteiger partial charge in [0.25, 0.3) is 11.8 Å². The van der Waals surface area contributed by atoms with Gasteiger partial charge in [-0.25, -0.2) is 4.79 Å². The monoisotopic (exact) mass is 381 g/mol. The maximum absolute atomic E-state index is 12.7. The number of methoxy groups -OCH3 is 1. The molecule has 0 saturated carbocycles. The normalized spacial score (nSPS) is 18.3. The van der Waals surface area contributed by atoms with Crippen LogP contribution >= 0.6 is 0 Å². The van der Waals surface area contributed by atoms with Gasteiger partial charge in [0.2, 0.25) is 0 Å². The second kappa shape index (κ2) is 7.44. The van der Waals surface area contributed by atoms with Crippen molar-refractivity contribution in [3.63, 3.8) is 0 Å². The third-order valence-electron chi connectivity index (χ3n) is 4.87. The first-order valence-corrected chi connectivity index (χ1v) is 9.05. The molecule has 144 valence electrons. The van der Waals surface area contributed by atoms with Crippen LogP contribution in [0.2, 0.25) is 0 Å². The molecule has 0 spiro atoms. The lowest BCUT2D eigenvalue weighted by Gasteiger charge is -2.17. The number of rotatable bonds is 5. The van der Waals surface area contributed by atoms with E-state index in [1.807, 2.05) is 0 Å². The first-order valence-electron chi connectivity index (χ1n) is 9.05. The molecule has 0 bridgehead atoms. The number of imide groups is 1. The number of esters is 1. The Bertz CT molecular complexity index is 948. The highest BCUT2D eigenvalue weighted by atomic mass is 16.5. The molecule has 1 atom stereocenters. The van der Waals surface area contributed by atoms with Crippen molar-refractivity contribution in [2.45, 2.75) is 18.9 Å². The first kappa shape index (κ1) is 18.2. The Hall–Kier alpha value is -3.19. The zero-order valence-corrected chi connectivity index (χ0v) is 15.3. The molecule has 2 amide bonds. The van der Waals surface area contributed by atoms with E-state index in [1.54, 1.807) is 24.3 Å². The highest BCUT2D eigenvalue weighted by Gasteiger charge is 2.38. The second-order valence-corrected chi connectivity index (χ2v) is 6.68. The number of carbonyl (C=O) groups excluding carboxylic acids is 3. The topological polar surface area (TPSA) is 82.1 Å². The van der Waals surface area contributed by atoms with Gasteiger partial charge in [-0.15, -0.1) is 0 Å². The number of hydrogen-bond acceptors (Lipinski definition) is 6. The van der Waals surface area contributed by atoms with Crippen LogP contribution in [0.25, 0.3) is 0 Å². The Labute approximate surface area is 161 Å². The molecule has 4 rings (SSSR count). The molecule has 0 radical (unpaired) electrons. The molecule has 7 nitrogen and oxygen atoms in total. The van der Waals surface area contributed by atoms with Crippen molar-refractivity contribution in [3.8, 4) is 11.5 Å². The minimum absolute atomic E-state index is 0.125. The van der Waals surface area contributed by atoms with Gasteiger partial charge >= 0.3 is 5.97 Å². The van der Waals surface area contributed by atoms with Gasteiger partial charge in [-0.3, -0.25) is 14.5 Å². The van der Waals surface area contributed by atoms with Crippen LogP contribution in [0.5, 0.6) is 11.5 Å². The van der Waals surface area contributed by atoms with E-state index in [2.05, 4.69) is 0 Å². The highest BCUT2D eigenvalue weighted by Crippen LogP contribution is 2.27.